The van der Waals surface area contributed by atoms with Crippen molar-refractivity contribution in [2.45, 2.75) is 38.1 Å². The van der Waals surface area contributed by atoms with Gasteiger partial charge in [-0.2, -0.15) is 0 Å². The van der Waals surface area contributed by atoms with E-state index < -0.39 is 0 Å². The van der Waals surface area contributed by atoms with Crippen molar-refractivity contribution in [1.29, 1.82) is 0 Å². The Morgan fingerprint density at radius 2 is 2.22 bits per heavy atom. The van der Waals surface area contributed by atoms with Crippen LogP contribution in [0.5, 0.6) is 0 Å². The topological polar surface area (TPSA) is 54.0 Å². The molecular weight excluding hydrogens is 226 g/mol. The van der Waals surface area contributed by atoms with Crippen LogP contribution < -0.4 is 10.6 Å². The van der Waals surface area contributed by atoms with Crippen LogP contribution >= 0.6 is 0 Å². The lowest BCUT2D eigenvalue weighted by atomic mass is 10.1. The fourth-order valence-electron chi connectivity index (χ4n) is 2.23. The fraction of sp³-hybridized carbons (Fsp3) is 0.571. The van der Waals surface area contributed by atoms with Crippen LogP contribution in [0.4, 0.5) is 0 Å². The third-order valence-electron chi connectivity index (χ3n) is 3.35. The zero-order valence-electron chi connectivity index (χ0n) is 10.7. The number of aryl methyl sites for hydroxylation is 1. The van der Waals surface area contributed by atoms with Crippen molar-refractivity contribution in [1.82, 2.24) is 15.6 Å². The van der Waals surface area contributed by atoms with Crippen LogP contribution in [0.25, 0.3) is 0 Å². The summed E-state index contributed by atoms with van der Waals surface area (Å²) in [6.45, 7) is 1.84. The zero-order chi connectivity index (χ0) is 12.6. The van der Waals surface area contributed by atoms with E-state index in [0.29, 0.717) is 12.5 Å². The molecule has 4 nitrogen and oxygen atoms in total. The van der Waals surface area contributed by atoms with Gasteiger partial charge >= 0.3 is 0 Å². The van der Waals surface area contributed by atoms with Gasteiger partial charge in [0.25, 0.3) is 0 Å². The van der Waals surface area contributed by atoms with E-state index in [1.54, 1.807) is 12.4 Å². The number of carbonyl (C=O) groups excluding carboxylic acids is 1. The molecule has 4 heteroatoms. The first-order valence-corrected chi connectivity index (χ1v) is 6.73. The summed E-state index contributed by atoms with van der Waals surface area (Å²) in [6.07, 6.45) is 8.56. The van der Waals surface area contributed by atoms with Gasteiger partial charge in [0, 0.05) is 31.4 Å². The van der Waals surface area contributed by atoms with Crippen molar-refractivity contribution >= 4 is 5.91 Å². The average molecular weight is 247 g/mol. The third kappa shape index (κ3) is 4.45. The van der Waals surface area contributed by atoms with Gasteiger partial charge in [-0.25, -0.2) is 0 Å². The van der Waals surface area contributed by atoms with Gasteiger partial charge in [0.15, 0.2) is 0 Å². The smallest absolute Gasteiger partial charge is 0.220 e. The van der Waals surface area contributed by atoms with Gasteiger partial charge in [-0.15, -0.1) is 0 Å². The number of pyridine rings is 1. The van der Waals surface area contributed by atoms with Gasteiger partial charge < -0.3 is 10.6 Å². The van der Waals surface area contributed by atoms with Gasteiger partial charge in [-0.1, -0.05) is 6.42 Å². The second-order valence-corrected chi connectivity index (χ2v) is 4.81. The number of amides is 1. The Morgan fingerprint density at radius 1 is 1.39 bits per heavy atom. The summed E-state index contributed by atoms with van der Waals surface area (Å²) < 4.78 is 0. The van der Waals surface area contributed by atoms with E-state index in [4.69, 9.17) is 0 Å². The number of hydrogen-bond acceptors (Lipinski definition) is 3. The SMILES string of the molecule is O=C(CCc1ccncc1)NCC1CCCCN1. The average Bonchev–Trinajstić information content (AvgIpc) is 2.45. The molecule has 1 aliphatic rings. The summed E-state index contributed by atoms with van der Waals surface area (Å²) in [4.78, 5) is 15.7. The Bertz CT molecular complexity index is 361. The molecule has 2 heterocycles. The molecule has 1 saturated heterocycles. The second kappa shape index (κ2) is 7.11. The van der Waals surface area contributed by atoms with Crippen molar-refractivity contribution in [3.63, 3.8) is 0 Å². The first kappa shape index (κ1) is 13.0. The molecule has 1 unspecified atom stereocenters. The zero-order valence-corrected chi connectivity index (χ0v) is 10.7. The number of carbonyl (C=O) groups is 1. The van der Waals surface area contributed by atoms with Crippen LogP contribution in [-0.4, -0.2) is 30.0 Å². The normalized spacial score (nSPS) is 19.4. The molecule has 1 atom stereocenters. The van der Waals surface area contributed by atoms with E-state index in [0.717, 1.165) is 25.1 Å². The molecule has 1 aromatic rings. The van der Waals surface area contributed by atoms with Crippen molar-refractivity contribution in [2.24, 2.45) is 0 Å². The van der Waals surface area contributed by atoms with Crippen LogP contribution in [-0.2, 0) is 11.2 Å². The minimum Gasteiger partial charge on any atom is -0.355 e. The van der Waals surface area contributed by atoms with E-state index in [1.165, 1.54) is 19.3 Å². The summed E-state index contributed by atoms with van der Waals surface area (Å²) in [5.74, 6) is 0.138. The standard InChI is InChI=1S/C14H21N3O/c18-14(5-4-12-6-9-15-10-7-12)17-11-13-3-1-2-8-16-13/h6-7,9-10,13,16H,1-5,8,11H2,(H,17,18). The Morgan fingerprint density at radius 3 is 2.94 bits per heavy atom. The van der Waals surface area contributed by atoms with Gasteiger partial charge in [0.1, 0.15) is 0 Å². The molecule has 0 aliphatic carbocycles. The lowest BCUT2D eigenvalue weighted by molar-refractivity contribution is -0.121. The number of piperidine rings is 1. The number of nitrogens with one attached hydrogen (secondary N) is 2. The summed E-state index contributed by atoms with van der Waals surface area (Å²) in [5, 5.41) is 6.43. The van der Waals surface area contributed by atoms with Gasteiger partial charge in [0.05, 0.1) is 0 Å². The molecule has 1 fully saturated rings. The maximum absolute atomic E-state index is 11.7. The highest BCUT2D eigenvalue weighted by molar-refractivity contribution is 5.76. The molecule has 98 valence electrons. The number of aromatic nitrogens is 1. The fourth-order valence-corrected chi connectivity index (χ4v) is 2.23. The summed E-state index contributed by atoms with van der Waals surface area (Å²) in [5.41, 5.74) is 1.16. The third-order valence-corrected chi connectivity index (χ3v) is 3.35. The van der Waals surface area contributed by atoms with E-state index in [1.807, 2.05) is 12.1 Å². The van der Waals surface area contributed by atoms with E-state index >= 15 is 0 Å². The maximum Gasteiger partial charge on any atom is 0.220 e. The van der Waals surface area contributed by atoms with Gasteiger partial charge in [-0.3, -0.25) is 9.78 Å². The second-order valence-electron chi connectivity index (χ2n) is 4.81. The first-order chi connectivity index (χ1) is 8.84. The van der Waals surface area contributed by atoms with Crippen LogP contribution in [0.1, 0.15) is 31.2 Å². The Kier molecular flexibility index (Phi) is 5.15. The highest BCUT2D eigenvalue weighted by Gasteiger charge is 2.13. The number of nitrogens with zero attached hydrogens (tertiary/aromatic N) is 1. The molecule has 0 spiro atoms. The minimum atomic E-state index is 0.138. The largest absolute Gasteiger partial charge is 0.355 e. The summed E-state index contributed by atoms with van der Waals surface area (Å²) >= 11 is 0. The molecule has 0 saturated carbocycles. The Labute approximate surface area is 108 Å². The number of hydrogen-bond donors (Lipinski definition) is 2. The molecule has 2 rings (SSSR count). The molecule has 0 bridgehead atoms. The minimum absolute atomic E-state index is 0.138. The quantitative estimate of drug-likeness (QED) is 0.824. The van der Waals surface area contributed by atoms with E-state index in [-0.39, 0.29) is 5.91 Å². The molecule has 1 amide bonds. The lowest BCUT2D eigenvalue weighted by Gasteiger charge is -2.23. The maximum atomic E-state index is 11.7. The van der Waals surface area contributed by atoms with E-state index in [9.17, 15) is 4.79 Å². The van der Waals surface area contributed by atoms with Crippen molar-refractivity contribution in [3.8, 4) is 0 Å². The highest BCUT2D eigenvalue weighted by Crippen LogP contribution is 2.06. The van der Waals surface area contributed by atoms with Gasteiger partial charge in [-0.05, 0) is 43.5 Å². The van der Waals surface area contributed by atoms with Gasteiger partial charge in [0.2, 0.25) is 5.91 Å². The lowest BCUT2D eigenvalue weighted by Crippen LogP contribution is -2.43. The molecule has 2 N–H and O–H groups in total. The van der Waals surface area contributed by atoms with Crippen LogP contribution in [0.3, 0.4) is 0 Å². The van der Waals surface area contributed by atoms with Crippen LogP contribution in [0, 0.1) is 0 Å². The highest BCUT2D eigenvalue weighted by atomic mass is 16.1. The molecular formula is C14H21N3O. The first-order valence-electron chi connectivity index (χ1n) is 6.73. The van der Waals surface area contributed by atoms with Crippen molar-refractivity contribution < 1.29 is 4.79 Å². The van der Waals surface area contributed by atoms with E-state index in [2.05, 4.69) is 15.6 Å². The monoisotopic (exact) mass is 247 g/mol. The summed E-state index contributed by atoms with van der Waals surface area (Å²) in [7, 11) is 0. The van der Waals surface area contributed by atoms with Crippen LogP contribution in [0.2, 0.25) is 0 Å². The van der Waals surface area contributed by atoms with Crippen LogP contribution in [0.15, 0.2) is 24.5 Å². The molecule has 0 radical (unpaired) electrons. The molecule has 18 heavy (non-hydrogen) atoms. The number of rotatable bonds is 5. The Hall–Kier alpha value is -1.42. The van der Waals surface area contributed by atoms with Crippen molar-refractivity contribution in [3.05, 3.63) is 30.1 Å². The predicted octanol–water partition coefficient (Wildman–Crippen LogP) is 1.27. The Balaban J connectivity index is 1.63. The molecule has 0 aromatic carbocycles. The molecule has 1 aliphatic heterocycles. The van der Waals surface area contributed by atoms with Crippen molar-refractivity contribution in [2.75, 3.05) is 13.1 Å². The predicted molar refractivity (Wildman–Crippen MR) is 71.2 cm³/mol. The molecule has 1 aromatic heterocycles. The summed E-state index contributed by atoms with van der Waals surface area (Å²) in [6, 6.07) is 4.37.